The first kappa shape index (κ1) is 19.1. The van der Waals surface area contributed by atoms with Crippen molar-refractivity contribution in [2.75, 3.05) is 18.4 Å². The number of carbonyl (C=O) groups is 1. The van der Waals surface area contributed by atoms with E-state index in [1.165, 1.54) is 0 Å². The summed E-state index contributed by atoms with van der Waals surface area (Å²) in [7, 11) is 0. The minimum absolute atomic E-state index is 0.299. The van der Waals surface area contributed by atoms with Gasteiger partial charge in [-0.2, -0.15) is 0 Å². The molecule has 0 aromatic heterocycles. The van der Waals surface area contributed by atoms with Gasteiger partial charge in [0.05, 0.1) is 16.3 Å². The van der Waals surface area contributed by atoms with Crippen LogP contribution in [0.15, 0.2) is 48.2 Å². The topological polar surface area (TPSA) is 52.6 Å². The van der Waals surface area contributed by atoms with E-state index in [4.69, 9.17) is 11.6 Å². The van der Waals surface area contributed by atoms with Gasteiger partial charge in [0.25, 0.3) is 0 Å². The Labute approximate surface area is 154 Å². The second-order valence-electron chi connectivity index (χ2n) is 6.39. The van der Waals surface area contributed by atoms with Crippen molar-refractivity contribution in [1.82, 2.24) is 4.90 Å². The number of anilines is 1. The molecule has 0 atom stereocenters. The van der Waals surface area contributed by atoms with Crippen LogP contribution in [0.3, 0.4) is 0 Å². The van der Waals surface area contributed by atoms with Gasteiger partial charge in [-0.15, -0.1) is 0 Å². The highest BCUT2D eigenvalue weighted by Gasteiger charge is 2.22. The summed E-state index contributed by atoms with van der Waals surface area (Å²) >= 11 is 6.08. The summed E-state index contributed by atoms with van der Waals surface area (Å²) in [6.07, 6.45) is 5.48. The molecule has 5 heteroatoms. The molecule has 1 saturated heterocycles. The number of piperidine rings is 1. The Kier molecular flexibility index (Phi) is 6.32. The number of halogens is 1. The minimum Gasteiger partial charge on any atom is -0.478 e. The van der Waals surface area contributed by atoms with Gasteiger partial charge in [-0.05, 0) is 50.0 Å². The van der Waals surface area contributed by atoms with Crippen LogP contribution in [-0.4, -0.2) is 35.1 Å². The van der Waals surface area contributed by atoms with E-state index >= 15 is 0 Å². The molecule has 1 aromatic rings. The number of allylic oxidation sites excluding steroid dienone is 3. The lowest BCUT2D eigenvalue weighted by Crippen LogP contribution is -2.38. The number of hydrogen-bond donors (Lipinski definition) is 2. The number of nitrogens with one attached hydrogen (secondary N) is 1. The molecule has 0 radical (unpaired) electrons. The molecule has 25 heavy (non-hydrogen) atoms. The molecule has 2 N–H and O–H groups in total. The average molecular weight is 361 g/mol. The Morgan fingerprint density at radius 2 is 1.96 bits per heavy atom. The largest absolute Gasteiger partial charge is 0.478 e. The first-order valence-electron chi connectivity index (χ1n) is 8.37. The Morgan fingerprint density at radius 1 is 1.32 bits per heavy atom. The molecule has 1 aromatic carbocycles. The van der Waals surface area contributed by atoms with Crippen LogP contribution in [0.1, 0.15) is 34.3 Å². The molecule has 0 aliphatic carbocycles. The number of hydrogen-bond acceptors (Lipinski definition) is 3. The van der Waals surface area contributed by atoms with Gasteiger partial charge in [0, 0.05) is 24.8 Å². The van der Waals surface area contributed by atoms with Gasteiger partial charge >= 0.3 is 5.97 Å². The van der Waals surface area contributed by atoms with Crippen molar-refractivity contribution in [3.05, 3.63) is 64.9 Å². The third kappa shape index (κ3) is 4.67. The quantitative estimate of drug-likeness (QED) is 0.722. The summed E-state index contributed by atoms with van der Waals surface area (Å²) in [6, 6.07) is 3.96. The highest BCUT2D eigenvalue weighted by Crippen LogP contribution is 2.26. The molecule has 1 aliphatic rings. The molecule has 134 valence electrons. The van der Waals surface area contributed by atoms with Crippen LogP contribution in [0.4, 0.5) is 5.69 Å². The fourth-order valence-electron chi connectivity index (χ4n) is 3.20. The van der Waals surface area contributed by atoms with Crippen molar-refractivity contribution in [2.24, 2.45) is 0 Å². The number of carboxylic acids is 1. The smallest absolute Gasteiger partial charge is 0.336 e. The van der Waals surface area contributed by atoms with Crippen molar-refractivity contribution in [3.63, 3.8) is 0 Å². The zero-order valence-electron chi connectivity index (χ0n) is 14.8. The molecule has 1 fully saturated rings. The molecular formula is C20H25ClN2O2. The number of benzene rings is 1. The molecule has 2 rings (SSSR count). The van der Waals surface area contributed by atoms with Gasteiger partial charge in [-0.3, -0.25) is 0 Å². The molecule has 4 nitrogen and oxygen atoms in total. The Morgan fingerprint density at radius 3 is 2.48 bits per heavy atom. The second kappa shape index (κ2) is 8.26. The van der Waals surface area contributed by atoms with Gasteiger partial charge in [-0.1, -0.05) is 36.9 Å². The van der Waals surface area contributed by atoms with Crippen molar-refractivity contribution < 1.29 is 9.90 Å². The van der Waals surface area contributed by atoms with Crippen molar-refractivity contribution in [3.8, 4) is 0 Å². The second-order valence-corrected chi connectivity index (χ2v) is 6.84. The monoisotopic (exact) mass is 360 g/mol. The summed E-state index contributed by atoms with van der Waals surface area (Å²) in [5.41, 5.74) is 4.00. The lowest BCUT2D eigenvalue weighted by Gasteiger charge is -2.35. The molecule has 1 aliphatic heterocycles. The highest BCUT2D eigenvalue weighted by atomic mass is 35.5. The molecule has 0 bridgehead atoms. The van der Waals surface area contributed by atoms with Crippen LogP contribution in [-0.2, 0) is 0 Å². The van der Waals surface area contributed by atoms with Gasteiger partial charge in [-0.25, -0.2) is 4.79 Å². The predicted octanol–water partition coefficient (Wildman–Crippen LogP) is 4.70. The third-order valence-electron chi connectivity index (χ3n) is 4.55. The molecule has 1 heterocycles. The number of nitrogens with zero attached hydrogens (tertiary/aromatic N) is 1. The number of aryl methyl sites for hydroxylation is 2. The van der Waals surface area contributed by atoms with Gasteiger partial charge < -0.3 is 15.3 Å². The van der Waals surface area contributed by atoms with E-state index in [1.807, 2.05) is 26.0 Å². The fraction of sp³-hybridized carbons (Fsp3) is 0.350. The summed E-state index contributed by atoms with van der Waals surface area (Å²) in [6.45, 7) is 13.1. The first-order valence-corrected chi connectivity index (χ1v) is 8.74. The SMILES string of the molecule is C=C/C=C(\C(=C)Cl)N1CCC(Nc2cc(C(=O)O)c(C)cc2C)CC1. The van der Waals surface area contributed by atoms with E-state index in [0.29, 0.717) is 16.6 Å². The zero-order valence-corrected chi connectivity index (χ0v) is 15.6. The van der Waals surface area contributed by atoms with Gasteiger partial charge in [0.2, 0.25) is 0 Å². The molecule has 0 unspecified atom stereocenters. The fourth-order valence-corrected chi connectivity index (χ4v) is 3.38. The maximum atomic E-state index is 11.4. The molecular weight excluding hydrogens is 336 g/mol. The van der Waals surface area contributed by atoms with Crippen LogP contribution in [0.5, 0.6) is 0 Å². The minimum atomic E-state index is -0.893. The van der Waals surface area contributed by atoms with Crippen LogP contribution in [0, 0.1) is 13.8 Å². The zero-order chi connectivity index (χ0) is 18.6. The lowest BCUT2D eigenvalue weighted by atomic mass is 10.0. The van der Waals surface area contributed by atoms with Crippen LogP contribution < -0.4 is 5.32 Å². The third-order valence-corrected chi connectivity index (χ3v) is 4.74. The van der Waals surface area contributed by atoms with E-state index in [-0.39, 0.29) is 0 Å². The summed E-state index contributed by atoms with van der Waals surface area (Å²) in [4.78, 5) is 13.6. The van der Waals surface area contributed by atoms with Crippen molar-refractivity contribution in [2.45, 2.75) is 32.7 Å². The maximum Gasteiger partial charge on any atom is 0.336 e. The van der Waals surface area contributed by atoms with Crippen LogP contribution >= 0.6 is 11.6 Å². The van der Waals surface area contributed by atoms with E-state index in [9.17, 15) is 9.90 Å². The summed E-state index contributed by atoms with van der Waals surface area (Å²) < 4.78 is 0. The van der Waals surface area contributed by atoms with Gasteiger partial charge in [0.1, 0.15) is 0 Å². The Hall–Kier alpha value is -2.20. The first-order chi connectivity index (χ1) is 11.8. The summed E-state index contributed by atoms with van der Waals surface area (Å²) in [5, 5.41) is 13.3. The van der Waals surface area contributed by atoms with Crippen molar-refractivity contribution >= 4 is 23.3 Å². The standard InChI is InChI=1S/C20H25ClN2O2/c1-5-6-19(15(4)21)23-9-7-16(8-10-23)22-18-12-17(20(24)25)13(2)11-14(18)3/h5-6,11-12,16,22H,1,4,7-10H2,2-3H3,(H,24,25)/b19-6+. The average Bonchev–Trinajstić information content (AvgIpc) is 2.55. The van der Waals surface area contributed by atoms with E-state index in [0.717, 1.165) is 48.4 Å². The Bertz CT molecular complexity index is 717. The van der Waals surface area contributed by atoms with E-state index in [1.54, 1.807) is 12.1 Å². The molecule has 0 amide bonds. The lowest BCUT2D eigenvalue weighted by molar-refractivity contribution is 0.0696. The normalized spacial score (nSPS) is 15.8. The van der Waals surface area contributed by atoms with Gasteiger partial charge in [0.15, 0.2) is 0 Å². The maximum absolute atomic E-state index is 11.4. The number of carboxylic acid groups (broad SMARTS) is 1. The number of aromatic carboxylic acids is 1. The Balaban J connectivity index is 2.06. The van der Waals surface area contributed by atoms with Crippen LogP contribution in [0.2, 0.25) is 0 Å². The molecule has 0 spiro atoms. The number of rotatable bonds is 6. The highest BCUT2D eigenvalue weighted by molar-refractivity contribution is 6.31. The molecule has 0 saturated carbocycles. The summed E-state index contributed by atoms with van der Waals surface area (Å²) in [5.74, 6) is -0.893. The van der Waals surface area contributed by atoms with E-state index < -0.39 is 5.97 Å². The van der Waals surface area contributed by atoms with E-state index in [2.05, 4.69) is 23.4 Å². The predicted molar refractivity (Wildman–Crippen MR) is 104 cm³/mol. The number of likely N-dealkylation sites (tertiary alicyclic amines) is 1. The van der Waals surface area contributed by atoms with Crippen LogP contribution in [0.25, 0.3) is 0 Å². The van der Waals surface area contributed by atoms with Crippen molar-refractivity contribution in [1.29, 1.82) is 0 Å².